The van der Waals surface area contributed by atoms with Gasteiger partial charge in [0.05, 0.1) is 0 Å². The minimum Gasteiger partial charge on any atom is -0.380 e. The van der Waals surface area contributed by atoms with Crippen molar-refractivity contribution < 1.29 is 0 Å². The third-order valence-electron chi connectivity index (χ3n) is 4.92. The van der Waals surface area contributed by atoms with Crippen LogP contribution in [-0.4, -0.2) is 42.2 Å². The van der Waals surface area contributed by atoms with Crippen molar-refractivity contribution in [2.45, 2.75) is 31.7 Å². The van der Waals surface area contributed by atoms with E-state index < -0.39 is 0 Å². The van der Waals surface area contributed by atoms with Crippen LogP contribution < -0.4 is 15.1 Å². The van der Waals surface area contributed by atoms with Gasteiger partial charge >= 0.3 is 0 Å². The van der Waals surface area contributed by atoms with Crippen molar-refractivity contribution in [1.29, 1.82) is 0 Å². The summed E-state index contributed by atoms with van der Waals surface area (Å²) in [5, 5.41) is 3.62. The summed E-state index contributed by atoms with van der Waals surface area (Å²) in [5.74, 6) is 1.95. The van der Waals surface area contributed by atoms with Gasteiger partial charge in [0.2, 0.25) is 5.95 Å². The molecule has 1 N–H and O–H groups in total. The Labute approximate surface area is 143 Å². The van der Waals surface area contributed by atoms with Gasteiger partial charge < -0.3 is 15.1 Å². The molecule has 1 atom stereocenters. The minimum atomic E-state index is 0.473. The van der Waals surface area contributed by atoms with Gasteiger partial charge in [-0.05, 0) is 43.9 Å². The summed E-state index contributed by atoms with van der Waals surface area (Å²) in [4.78, 5) is 14.0. The maximum Gasteiger partial charge on any atom is 0.227 e. The molecule has 5 nitrogen and oxygen atoms in total. The van der Waals surface area contributed by atoms with Gasteiger partial charge in [-0.15, -0.1) is 0 Å². The molecule has 126 valence electrons. The molecule has 0 spiro atoms. The number of nitrogens with zero attached hydrogens (tertiary/aromatic N) is 4. The van der Waals surface area contributed by atoms with Crippen LogP contribution in [0.1, 0.15) is 25.7 Å². The van der Waals surface area contributed by atoms with Gasteiger partial charge in [-0.25, -0.2) is 4.98 Å². The van der Waals surface area contributed by atoms with Crippen LogP contribution >= 0.6 is 0 Å². The first-order valence-corrected chi connectivity index (χ1v) is 9.03. The average Bonchev–Trinajstić information content (AvgIpc) is 3.12. The average molecular weight is 323 g/mol. The highest BCUT2D eigenvalue weighted by Crippen LogP contribution is 2.23. The summed E-state index contributed by atoms with van der Waals surface area (Å²) in [7, 11) is 0. The normalized spacial score (nSPS) is 21.1. The van der Waals surface area contributed by atoms with Crippen LogP contribution in [0.3, 0.4) is 0 Å². The lowest BCUT2D eigenvalue weighted by Gasteiger charge is -2.27. The van der Waals surface area contributed by atoms with E-state index in [9.17, 15) is 0 Å². The molecule has 2 aliphatic rings. The second-order valence-electron chi connectivity index (χ2n) is 6.70. The second-order valence-corrected chi connectivity index (χ2v) is 6.70. The molecule has 2 aromatic rings. The fraction of sp³-hybridized carbons (Fsp3) is 0.474. The van der Waals surface area contributed by atoms with E-state index >= 15 is 0 Å². The maximum atomic E-state index is 4.83. The summed E-state index contributed by atoms with van der Waals surface area (Å²) < 4.78 is 0. The molecule has 2 saturated heterocycles. The molecular weight excluding hydrogens is 298 g/mol. The number of benzene rings is 1. The van der Waals surface area contributed by atoms with Crippen LogP contribution in [-0.2, 0) is 0 Å². The first-order chi connectivity index (χ1) is 11.9. The number of piperidine rings is 1. The molecule has 24 heavy (non-hydrogen) atoms. The number of hydrogen-bond donors (Lipinski definition) is 1. The van der Waals surface area contributed by atoms with Crippen molar-refractivity contribution in [2.75, 3.05) is 41.3 Å². The van der Waals surface area contributed by atoms with E-state index in [0.29, 0.717) is 6.04 Å². The SMILES string of the molecule is c1ccc(N[C@H]2CCN(c3ccnc(N4CCCCC4)n3)C2)cc1. The first kappa shape index (κ1) is 15.2. The number of rotatable bonds is 4. The molecule has 0 aliphatic carbocycles. The van der Waals surface area contributed by atoms with E-state index in [-0.39, 0.29) is 0 Å². The lowest BCUT2D eigenvalue weighted by Crippen LogP contribution is -2.32. The molecule has 2 aliphatic heterocycles. The Kier molecular flexibility index (Phi) is 4.49. The van der Waals surface area contributed by atoms with Crippen LogP contribution in [0.15, 0.2) is 42.6 Å². The lowest BCUT2D eigenvalue weighted by atomic mass is 10.1. The molecule has 1 aromatic heterocycles. The summed E-state index contributed by atoms with van der Waals surface area (Å²) in [5.41, 5.74) is 1.20. The van der Waals surface area contributed by atoms with Crippen molar-refractivity contribution in [3.63, 3.8) is 0 Å². The zero-order valence-corrected chi connectivity index (χ0v) is 14.1. The van der Waals surface area contributed by atoms with E-state index in [1.54, 1.807) is 0 Å². The largest absolute Gasteiger partial charge is 0.380 e. The molecule has 0 radical (unpaired) electrons. The van der Waals surface area contributed by atoms with E-state index in [2.05, 4.69) is 50.4 Å². The van der Waals surface area contributed by atoms with Gasteiger partial charge in [0.1, 0.15) is 5.82 Å². The third kappa shape index (κ3) is 3.45. The monoisotopic (exact) mass is 323 g/mol. The van der Waals surface area contributed by atoms with E-state index in [0.717, 1.165) is 44.4 Å². The standard InChI is InChI=1S/C19H25N5/c1-3-7-16(8-4-1)21-17-10-14-24(15-17)18-9-11-20-19(22-18)23-12-5-2-6-13-23/h1,3-4,7-9,11,17,21H,2,5-6,10,12-15H2/t17-/m0/s1. The minimum absolute atomic E-state index is 0.473. The molecule has 0 unspecified atom stereocenters. The fourth-order valence-corrected chi connectivity index (χ4v) is 3.62. The van der Waals surface area contributed by atoms with Crippen LogP contribution in [0.25, 0.3) is 0 Å². The molecule has 3 heterocycles. The number of aromatic nitrogens is 2. The van der Waals surface area contributed by atoms with Crippen molar-refractivity contribution in [3.05, 3.63) is 42.6 Å². The molecule has 0 amide bonds. The molecule has 1 aromatic carbocycles. The van der Waals surface area contributed by atoms with Crippen molar-refractivity contribution in [1.82, 2.24) is 9.97 Å². The highest BCUT2D eigenvalue weighted by molar-refractivity contribution is 5.48. The molecule has 5 heteroatoms. The first-order valence-electron chi connectivity index (χ1n) is 9.03. The van der Waals surface area contributed by atoms with Crippen molar-refractivity contribution in [3.8, 4) is 0 Å². The number of nitrogens with one attached hydrogen (secondary N) is 1. The Balaban J connectivity index is 1.41. The Bertz CT molecular complexity index is 654. The molecule has 4 rings (SSSR count). The highest BCUT2D eigenvalue weighted by atomic mass is 15.3. The zero-order chi connectivity index (χ0) is 16.2. The Morgan fingerprint density at radius 3 is 2.58 bits per heavy atom. The maximum absolute atomic E-state index is 4.83. The topological polar surface area (TPSA) is 44.3 Å². The van der Waals surface area contributed by atoms with Crippen LogP contribution in [0.5, 0.6) is 0 Å². The quantitative estimate of drug-likeness (QED) is 0.936. The molecule has 2 fully saturated rings. The molecule has 0 bridgehead atoms. The zero-order valence-electron chi connectivity index (χ0n) is 14.1. The lowest BCUT2D eigenvalue weighted by molar-refractivity contribution is 0.568. The fourth-order valence-electron chi connectivity index (χ4n) is 3.62. The van der Waals surface area contributed by atoms with Gasteiger partial charge in [-0.2, -0.15) is 4.98 Å². The van der Waals surface area contributed by atoms with E-state index in [4.69, 9.17) is 4.98 Å². The van der Waals surface area contributed by atoms with Gasteiger partial charge in [0.15, 0.2) is 0 Å². The summed E-state index contributed by atoms with van der Waals surface area (Å²) >= 11 is 0. The number of hydrogen-bond acceptors (Lipinski definition) is 5. The Morgan fingerprint density at radius 1 is 0.917 bits per heavy atom. The smallest absolute Gasteiger partial charge is 0.227 e. The molecule has 0 saturated carbocycles. The predicted molar refractivity (Wildman–Crippen MR) is 98.8 cm³/mol. The predicted octanol–water partition coefficient (Wildman–Crippen LogP) is 3.16. The van der Waals surface area contributed by atoms with Gasteiger partial charge in [0.25, 0.3) is 0 Å². The van der Waals surface area contributed by atoms with Crippen molar-refractivity contribution >= 4 is 17.5 Å². The van der Waals surface area contributed by atoms with E-state index in [1.165, 1.54) is 24.9 Å². The Morgan fingerprint density at radius 2 is 1.75 bits per heavy atom. The number of anilines is 3. The highest BCUT2D eigenvalue weighted by Gasteiger charge is 2.24. The van der Waals surface area contributed by atoms with Gasteiger partial charge in [-0.1, -0.05) is 18.2 Å². The second kappa shape index (κ2) is 7.07. The summed E-state index contributed by atoms with van der Waals surface area (Å²) in [6.07, 6.45) is 6.87. The Hall–Kier alpha value is -2.30. The van der Waals surface area contributed by atoms with E-state index in [1.807, 2.05) is 12.3 Å². The number of para-hydroxylation sites is 1. The van der Waals surface area contributed by atoms with Crippen LogP contribution in [0.2, 0.25) is 0 Å². The van der Waals surface area contributed by atoms with Gasteiger partial charge in [0, 0.05) is 44.1 Å². The van der Waals surface area contributed by atoms with Crippen molar-refractivity contribution in [2.24, 2.45) is 0 Å². The summed E-state index contributed by atoms with van der Waals surface area (Å²) in [6.45, 7) is 4.20. The third-order valence-corrected chi connectivity index (χ3v) is 4.92. The van der Waals surface area contributed by atoms with Gasteiger partial charge in [-0.3, -0.25) is 0 Å². The molecular formula is C19H25N5. The van der Waals surface area contributed by atoms with Crippen LogP contribution in [0.4, 0.5) is 17.5 Å². The van der Waals surface area contributed by atoms with Crippen LogP contribution in [0, 0.1) is 0 Å². The summed E-state index contributed by atoms with van der Waals surface area (Å²) in [6, 6.07) is 13.0.